The van der Waals surface area contributed by atoms with Gasteiger partial charge in [-0.05, 0) is 88.5 Å². The molecule has 19 nitrogen and oxygen atoms in total. The second-order valence-corrected chi connectivity index (χ2v) is 21.9. The first-order valence-corrected chi connectivity index (χ1v) is 25.4. The Balaban J connectivity index is 0.000000302. The molecule has 1 aromatic heterocycles. The number of carboxylic acids is 1. The number of aliphatic hydroxyl groups is 3. The summed E-state index contributed by atoms with van der Waals surface area (Å²) in [4.78, 5) is 19.7. The average molecular weight is 981 g/mol. The van der Waals surface area contributed by atoms with Gasteiger partial charge in [0, 0.05) is 49.5 Å². The molecule has 0 bridgehead atoms. The van der Waals surface area contributed by atoms with Crippen molar-refractivity contribution in [1.82, 2.24) is 9.97 Å². The molecule has 7 rings (SSSR count). The van der Waals surface area contributed by atoms with E-state index < -0.39 is 69.6 Å². The van der Waals surface area contributed by atoms with Gasteiger partial charge in [0.05, 0.1) is 85.6 Å². The Bertz CT molecular complexity index is 2120. The maximum absolute atomic E-state index is 12.2. The van der Waals surface area contributed by atoms with Gasteiger partial charge in [-0.15, -0.1) is 0 Å². The van der Waals surface area contributed by atoms with Crippen LogP contribution < -0.4 is 19.9 Å². The van der Waals surface area contributed by atoms with Crippen molar-refractivity contribution in [3.8, 4) is 11.9 Å². The fourth-order valence-corrected chi connectivity index (χ4v) is 12.4. The predicted octanol–water partition coefficient (Wildman–Crippen LogP) is 5.15. The SMILES string of the molecule is CC[C@@]1([C@@H]2O[C@@H]([C@H]3O[C@@](O)(CO)[C@H](C)C[C@@H]3C)C[C@@H]2C)CC[C@H]([C@]2(C)CC[C@]3(C[C@H](O)[C@@H](C)[C@@H]([C@@H](C)[C@@H](OC)[C@H](C)C(=O)O)O3)O2)O1.COc1cc(NS(=O)(=O)c2ccc(N)cc2)nc(OC)n1. The molecule has 0 radical (unpaired) electrons. The number of anilines is 2. The maximum Gasteiger partial charge on any atom is 0.321 e. The topological polar surface area (TPSA) is 270 Å². The molecule has 384 valence electrons. The second kappa shape index (κ2) is 21.1. The van der Waals surface area contributed by atoms with Crippen molar-refractivity contribution in [3.63, 3.8) is 0 Å². The number of ether oxygens (including phenoxy) is 8. The molecule has 20 heteroatoms. The van der Waals surface area contributed by atoms with Gasteiger partial charge in [-0.25, -0.2) is 8.42 Å². The van der Waals surface area contributed by atoms with Crippen molar-refractivity contribution in [2.75, 3.05) is 38.4 Å². The van der Waals surface area contributed by atoms with Crippen LogP contribution in [0, 0.1) is 35.5 Å². The van der Waals surface area contributed by atoms with Gasteiger partial charge in [-0.3, -0.25) is 9.52 Å². The fraction of sp³-hybridized carbons (Fsp3) is 0.771. The molecule has 0 saturated carbocycles. The molecule has 1 aromatic carbocycles. The van der Waals surface area contributed by atoms with E-state index in [4.69, 9.17) is 43.6 Å². The Labute approximate surface area is 401 Å². The first-order chi connectivity index (χ1) is 31.9. The van der Waals surface area contributed by atoms with Gasteiger partial charge in [0.25, 0.3) is 10.0 Å². The number of nitrogens with two attached hydrogens (primary N) is 1. The number of aliphatic carboxylic acids is 1. The first-order valence-electron chi connectivity index (χ1n) is 23.9. The van der Waals surface area contributed by atoms with Crippen LogP contribution in [-0.4, -0.2) is 138 Å². The summed E-state index contributed by atoms with van der Waals surface area (Å²) < 4.78 is 76.0. The molecular weight excluding hydrogens is 905 g/mol. The van der Waals surface area contributed by atoms with E-state index in [2.05, 4.69) is 42.4 Å². The molecule has 2 aromatic rings. The summed E-state index contributed by atoms with van der Waals surface area (Å²) in [6.07, 6.45) is 2.99. The second-order valence-electron chi connectivity index (χ2n) is 20.3. The number of hydrogen-bond acceptors (Lipinski definition) is 17. The summed E-state index contributed by atoms with van der Waals surface area (Å²) in [6, 6.07) is 7.12. The zero-order valence-corrected chi connectivity index (χ0v) is 42.2. The number of carbonyl (C=O) groups is 1. The third kappa shape index (κ3) is 11.0. The monoisotopic (exact) mass is 981 g/mol. The van der Waals surface area contributed by atoms with E-state index in [9.17, 15) is 33.6 Å². The number of rotatable bonds is 15. The van der Waals surface area contributed by atoms with Gasteiger partial charge in [0.2, 0.25) is 5.88 Å². The van der Waals surface area contributed by atoms with Crippen LogP contribution in [0.1, 0.15) is 107 Å². The summed E-state index contributed by atoms with van der Waals surface area (Å²) in [5.41, 5.74) is 4.85. The summed E-state index contributed by atoms with van der Waals surface area (Å²) in [7, 11) is 0.508. The Kier molecular flexibility index (Phi) is 16.7. The highest BCUT2D eigenvalue weighted by Crippen LogP contribution is 2.55. The first kappa shape index (κ1) is 53.9. The van der Waals surface area contributed by atoms with E-state index in [1.54, 1.807) is 6.92 Å². The summed E-state index contributed by atoms with van der Waals surface area (Å²) >= 11 is 0. The van der Waals surface area contributed by atoms with E-state index in [1.807, 2.05) is 20.8 Å². The molecular formula is C48H76N4O15S. The minimum Gasteiger partial charge on any atom is -0.481 e. The van der Waals surface area contributed by atoms with E-state index >= 15 is 0 Å². The number of aromatic nitrogens is 2. The molecule has 68 heavy (non-hydrogen) atoms. The average Bonchev–Trinajstić information content (AvgIpc) is 4.02. The Hall–Kier alpha value is -3.44. The quantitative estimate of drug-likeness (QED) is 0.126. The summed E-state index contributed by atoms with van der Waals surface area (Å²) in [5, 5.41) is 41.8. The lowest BCUT2D eigenvalue weighted by Gasteiger charge is -2.49. The Morgan fingerprint density at radius 1 is 0.985 bits per heavy atom. The predicted molar refractivity (Wildman–Crippen MR) is 249 cm³/mol. The van der Waals surface area contributed by atoms with Crippen LogP contribution in [0.4, 0.5) is 11.5 Å². The van der Waals surface area contributed by atoms with Gasteiger partial charge in [-0.1, -0.05) is 41.5 Å². The van der Waals surface area contributed by atoms with E-state index in [1.165, 1.54) is 51.7 Å². The summed E-state index contributed by atoms with van der Waals surface area (Å²) in [6.45, 7) is 15.6. The zero-order chi connectivity index (χ0) is 50.1. The highest BCUT2D eigenvalue weighted by Gasteiger charge is 2.62. The highest BCUT2D eigenvalue weighted by molar-refractivity contribution is 7.92. The minimum absolute atomic E-state index is 0.00986. The molecule has 5 aliphatic heterocycles. The van der Waals surface area contributed by atoms with Gasteiger partial charge in [-0.2, -0.15) is 9.97 Å². The Morgan fingerprint density at radius 3 is 2.28 bits per heavy atom. The molecule has 6 heterocycles. The van der Waals surface area contributed by atoms with Gasteiger partial charge in [0.15, 0.2) is 17.4 Å². The molecule has 5 fully saturated rings. The lowest BCUT2D eigenvalue weighted by Crippen LogP contribution is -2.57. The smallest absolute Gasteiger partial charge is 0.321 e. The molecule has 0 aliphatic carbocycles. The van der Waals surface area contributed by atoms with Crippen molar-refractivity contribution in [3.05, 3.63) is 30.3 Å². The van der Waals surface area contributed by atoms with Crippen LogP contribution in [0.2, 0.25) is 0 Å². The normalized spacial score (nSPS) is 38.6. The lowest BCUT2D eigenvalue weighted by atomic mass is 9.78. The van der Waals surface area contributed by atoms with Crippen LogP contribution in [0.25, 0.3) is 0 Å². The number of hydrogen-bond donors (Lipinski definition) is 6. The number of nitrogens with one attached hydrogen (secondary N) is 1. The van der Waals surface area contributed by atoms with Crippen LogP contribution in [0.3, 0.4) is 0 Å². The van der Waals surface area contributed by atoms with Crippen LogP contribution in [0.15, 0.2) is 35.2 Å². The van der Waals surface area contributed by atoms with Gasteiger partial charge < -0.3 is 64.1 Å². The largest absolute Gasteiger partial charge is 0.481 e. The molecule has 1 spiro atoms. The minimum atomic E-state index is -3.79. The highest BCUT2D eigenvalue weighted by atomic mass is 32.2. The van der Waals surface area contributed by atoms with Gasteiger partial charge >= 0.3 is 12.0 Å². The molecule has 0 amide bonds. The van der Waals surface area contributed by atoms with Crippen LogP contribution in [0.5, 0.6) is 11.9 Å². The van der Waals surface area contributed by atoms with Crippen molar-refractivity contribution < 1.29 is 71.5 Å². The summed E-state index contributed by atoms with van der Waals surface area (Å²) in [5.74, 6) is -4.31. The van der Waals surface area contributed by atoms with Crippen molar-refractivity contribution in [2.24, 2.45) is 35.5 Å². The standard InChI is InChI=1S/C36H62O11.C12H14N4O4S/c1-10-34(31-20(3)16-26(43-31)28-19(2)15-21(4)36(41,18-37)46-28)12-11-27(44-34)33(8)13-14-35(47-33)17-25(38)22(5)30(45-35)23(6)29(42-9)24(7)32(39)40;1-19-11-7-10(14-12(15-11)20-2)16-21(17,18)9-5-3-8(13)4-6-9/h19-31,37-38,41H,10-18H2,1-9H3,(H,39,40);3-7H,13H2,1-2H3,(H,14,15,16)/t19-,20-,21+,22+,23-,24-,25-,26+,27+,28-,29+,30-,31+,33-,34-,35+,36-;/m0./s1. The third-order valence-electron chi connectivity index (χ3n) is 15.5. The molecule has 5 saturated heterocycles. The van der Waals surface area contributed by atoms with E-state index in [0.29, 0.717) is 24.9 Å². The van der Waals surface area contributed by atoms with Crippen LogP contribution >= 0.6 is 0 Å². The number of nitrogens with zero attached hydrogens (tertiary/aromatic N) is 2. The molecule has 7 N–H and O–H groups in total. The number of sulfonamides is 1. The third-order valence-corrected chi connectivity index (χ3v) is 16.9. The van der Waals surface area contributed by atoms with E-state index in [-0.39, 0.29) is 76.6 Å². The number of benzene rings is 1. The van der Waals surface area contributed by atoms with Crippen LogP contribution in [-0.2, 0) is 43.2 Å². The molecule has 5 aliphatic rings. The number of methoxy groups -OCH3 is 3. The van der Waals surface area contributed by atoms with Crippen molar-refractivity contribution in [1.29, 1.82) is 0 Å². The van der Waals surface area contributed by atoms with Crippen molar-refractivity contribution in [2.45, 2.75) is 177 Å². The lowest BCUT2D eigenvalue weighted by molar-refractivity contribution is -0.336. The van der Waals surface area contributed by atoms with Crippen molar-refractivity contribution >= 4 is 27.5 Å². The molecule has 17 atom stereocenters. The zero-order valence-electron chi connectivity index (χ0n) is 41.4. The number of nitrogen functional groups attached to an aromatic ring is 1. The van der Waals surface area contributed by atoms with E-state index in [0.717, 1.165) is 32.1 Å². The number of carboxylic acid groups (broad SMARTS) is 1. The van der Waals surface area contributed by atoms with Gasteiger partial charge in [0.1, 0.15) is 0 Å². The number of aliphatic hydroxyl groups excluding tert-OH is 2. The fourth-order valence-electron chi connectivity index (χ4n) is 11.4. The molecule has 0 unspecified atom stereocenters. The maximum atomic E-state index is 12.2. The Morgan fingerprint density at radius 2 is 1.68 bits per heavy atom.